The number of carbonyl (C=O) groups excluding carboxylic acids is 1. The molecule has 1 amide bonds. The molecule has 0 aromatic rings. The summed E-state index contributed by atoms with van der Waals surface area (Å²) >= 11 is 0. The third-order valence-electron chi connectivity index (χ3n) is 3.37. The molecule has 0 aliphatic carbocycles. The second-order valence-electron chi connectivity index (χ2n) is 4.48. The number of likely N-dealkylation sites (tertiary alicyclic amines) is 1. The Morgan fingerprint density at radius 1 is 1.27 bits per heavy atom. The fourth-order valence-electron chi connectivity index (χ4n) is 2.68. The molecule has 0 saturated carbocycles. The van der Waals surface area contributed by atoms with E-state index in [-0.39, 0.29) is 5.41 Å². The van der Waals surface area contributed by atoms with E-state index in [9.17, 15) is 4.79 Å². The van der Waals surface area contributed by atoms with Crippen molar-refractivity contribution in [3.8, 4) is 0 Å². The van der Waals surface area contributed by atoms with E-state index in [4.69, 9.17) is 0 Å². The Balaban J connectivity index is 0.000000531. The number of rotatable bonds is 0. The second kappa shape index (κ2) is 5.50. The Morgan fingerprint density at radius 3 is 2.53 bits per heavy atom. The van der Waals surface area contributed by atoms with Crippen molar-refractivity contribution in [3.63, 3.8) is 0 Å². The van der Waals surface area contributed by atoms with Crippen molar-refractivity contribution < 1.29 is 4.79 Å². The van der Waals surface area contributed by atoms with Gasteiger partial charge >= 0.3 is 0 Å². The predicted molar refractivity (Wildman–Crippen MR) is 62.8 cm³/mol. The van der Waals surface area contributed by atoms with Gasteiger partial charge in [-0.25, -0.2) is 0 Å². The first kappa shape index (κ1) is 12.5. The van der Waals surface area contributed by atoms with Gasteiger partial charge in [0.15, 0.2) is 0 Å². The molecule has 2 aliphatic heterocycles. The third-order valence-corrected chi connectivity index (χ3v) is 3.37. The molecule has 3 nitrogen and oxygen atoms in total. The van der Waals surface area contributed by atoms with Crippen LogP contribution in [0.25, 0.3) is 0 Å². The highest BCUT2D eigenvalue weighted by molar-refractivity contribution is 5.83. The van der Waals surface area contributed by atoms with E-state index in [0.717, 1.165) is 38.9 Å². The molecule has 2 rings (SSSR count). The molecule has 88 valence electrons. The van der Waals surface area contributed by atoms with Crippen molar-refractivity contribution in [2.75, 3.05) is 26.7 Å². The minimum Gasteiger partial charge on any atom is -0.356 e. The van der Waals surface area contributed by atoms with Crippen LogP contribution in [0.4, 0.5) is 0 Å². The van der Waals surface area contributed by atoms with E-state index in [1.165, 1.54) is 6.42 Å². The molecule has 0 radical (unpaired) electrons. The van der Waals surface area contributed by atoms with Gasteiger partial charge < -0.3 is 10.2 Å². The van der Waals surface area contributed by atoms with Crippen LogP contribution in [0.3, 0.4) is 0 Å². The largest absolute Gasteiger partial charge is 0.356 e. The van der Waals surface area contributed by atoms with E-state index in [1.54, 1.807) is 0 Å². The molecular formula is C12H24N2O. The van der Waals surface area contributed by atoms with Gasteiger partial charge in [-0.2, -0.15) is 0 Å². The van der Waals surface area contributed by atoms with Crippen LogP contribution in [0.15, 0.2) is 0 Å². The molecule has 3 heteroatoms. The normalized spacial score (nSPS) is 31.8. The monoisotopic (exact) mass is 212 g/mol. The number of nitrogens with zero attached hydrogens (tertiary/aromatic N) is 1. The summed E-state index contributed by atoms with van der Waals surface area (Å²) in [5.41, 5.74) is -0.0365. The predicted octanol–water partition coefficient (Wildman–Crippen LogP) is 1.63. The molecule has 1 N–H and O–H groups in total. The average molecular weight is 212 g/mol. The molecule has 0 bridgehead atoms. The van der Waals surface area contributed by atoms with Gasteiger partial charge in [0.2, 0.25) is 5.91 Å². The first-order chi connectivity index (χ1) is 7.23. The molecule has 1 unspecified atom stereocenters. The molecule has 2 saturated heterocycles. The fraction of sp³-hybridized carbons (Fsp3) is 0.917. The lowest BCUT2D eigenvalue weighted by Crippen LogP contribution is -2.53. The van der Waals surface area contributed by atoms with E-state index in [1.807, 2.05) is 13.8 Å². The van der Waals surface area contributed by atoms with Crippen molar-refractivity contribution in [2.24, 2.45) is 5.41 Å². The molecule has 1 atom stereocenters. The molecule has 2 fully saturated rings. The number of amides is 1. The minimum atomic E-state index is -0.0365. The van der Waals surface area contributed by atoms with E-state index in [0.29, 0.717) is 5.91 Å². The fourth-order valence-corrected chi connectivity index (χ4v) is 2.68. The summed E-state index contributed by atoms with van der Waals surface area (Å²) in [4.78, 5) is 14.1. The summed E-state index contributed by atoms with van der Waals surface area (Å²) in [6, 6.07) is 0. The standard InChI is InChI=1S/C10H18N2O.C2H6/c1-12-7-3-5-10(8-12)4-2-6-11-9(10)13;1-2/h2-8H2,1H3,(H,11,13);1-2H3. The number of hydrogen-bond donors (Lipinski definition) is 1. The smallest absolute Gasteiger partial charge is 0.227 e. The van der Waals surface area contributed by atoms with Gasteiger partial charge in [0.25, 0.3) is 0 Å². The molecule has 2 heterocycles. The lowest BCUT2D eigenvalue weighted by atomic mass is 9.74. The van der Waals surface area contributed by atoms with E-state index < -0.39 is 0 Å². The van der Waals surface area contributed by atoms with Crippen molar-refractivity contribution in [2.45, 2.75) is 39.5 Å². The quantitative estimate of drug-likeness (QED) is 0.662. The zero-order valence-corrected chi connectivity index (χ0v) is 10.3. The lowest BCUT2D eigenvalue weighted by Gasteiger charge is -2.42. The highest BCUT2D eigenvalue weighted by Gasteiger charge is 2.42. The summed E-state index contributed by atoms with van der Waals surface area (Å²) in [5.74, 6) is 0.297. The van der Waals surface area contributed by atoms with Crippen LogP contribution in [0.5, 0.6) is 0 Å². The van der Waals surface area contributed by atoms with Crippen LogP contribution in [-0.2, 0) is 4.79 Å². The first-order valence-electron chi connectivity index (χ1n) is 6.20. The van der Waals surface area contributed by atoms with Crippen molar-refractivity contribution >= 4 is 5.91 Å². The third kappa shape index (κ3) is 2.71. The van der Waals surface area contributed by atoms with Gasteiger partial charge in [0.1, 0.15) is 0 Å². The molecule has 1 spiro atoms. The maximum absolute atomic E-state index is 11.8. The van der Waals surface area contributed by atoms with Gasteiger partial charge in [-0.15, -0.1) is 0 Å². The summed E-state index contributed by atoms with van der Waals surface area (Å²) in [6.07, 6.45) is 4.50. The Labute approximate surface area is 93.2 Å². The molecule has 2 aliphatic rings. The average Bonchev–Trinajstić information content (AvgIpc) is 2.26. The molecule has 0 aromatic heterocycles. The Kier molecular flexibility index (Phi) is 4.58. The molecule has 0 aromatic carbocycles. The number of piperidine rings is 2. The van der Waals surface area contributed by atoms with Gasteiger partial charge in [0, 0.05) is 13.1 Å². The maximum atomic E-state index is 11.8. The summed E-state index contributed by atoms with van der Waals surface area (Å²) < 4.78 is 0. The van der Waals surface area contributed by atoms with E-state index in [2.05, 4.69) is 17.3 Å². The highest BCUT2D eigenvalue weighted by Crippen LogP contribution is 2.36. The van der Waals surface area contributed by atoms with Crippen LogP contribution in [0.2, 0.25) is 0 Å². The summed E-state index contributed by atoms with van der Waals surface area (Å²) in [5, 5.41) is 3.00. The summed E-state index contributed by atoms with van der Waals surface area (Å²) in [6.45, 7) is 6.98. The van der Waals surface area contributed by atoms with Gasteiger partial charge in [0.05, 0.1) is 5.41 Å². The minimum absolute atomic E-state index is 0.0365. The lowest BCUT2D eigenvalue weighted by molar-refractivity contribution is -0.136. The number of hydrogen-bond acceptors (Lipinski definition) is 2. The van der Waals surface area contributed by atoms with Gasteiger partial charge in [-0.3, -0.25) is 4.79 Å². The zero-order valence-electron chi connectivity index (χ0n) is 10.3. The van der Waals surface area contributed by atoms with E-state index >= 15 is 0 Å². The Bertz CT molecular complexity index is 214. The number of carbonyl (C=O) groups is 1. The van der Waals surface area contributed by atoms with Crippen LogP contribution in [0, 0.1) is 5.41 Å². The van der Waals surface area contributed by atoms with Crippen LogP contribution < -0.4 is 5.32 Å². The van der Waals surface area contributed by atoms with Crippen molar-refractivity contribution in [1.82, 2.24) is 10.2 Å². The van der Waals surface area contributed by atoms with Crippen LogP contribution >= 0.6 is 0 Å². The van der Waals surface area contributed by atoms with Crippen molar-refractivity contribution in [1.29, 1.82) is 0 Å². The summed E-state index contributed by atoms with van der Waals surface area (Å²) in [7, 11) is 2.11. The molecular weight excluding hydrogens is 188 g/mol. The zero-order chi connectivity index (χ0) is 11.3. The Hall–Kier alpha value is -0.570. The maximum Gasteiger partial charge on any atom is 0.227 e. The SMILES string of the molecule is CC.CN1CCCC2(CCCNC2=O)C1. The first-order valence-corrected chi connectivity index (χ1v) is 6.20. The second-order valence-corrected chi connectivity index (χ2v) is 4.48. The van der Waals surface area contributed by atoms with Gasteiger partial charge in [-0.1, -0.05) is 13.8 Å². The van der Waals surface area contributed by atoms with Crippen LogP contribution in [-0.4, -0.2) is 37.5 Å². The van der Waals surface area contributed by atoms with Crippen molar-refractivity contribution in [3.05, 3.63) is 0 Å². The Morgan fingerprint density at radius 2 is 1.93 bits per heavy atom. The highest BCUT2D eigenvalue weighted by atomic mass is 16.2. The van der Waals surface area contributed by atoms with Gasteiger partial charge in [-0.05, 0) is 39.3 Å². The number of nitrogens with one attached hydrogen (secondary N) is 1. The molecule has 15 heavy (non-hydrogen) atoms. The van der Waals surface area contributed by atoms with Crippen LogP contribution in [0.1, 0.15) is 39.5 Å². The topological polar surface area (TPSA) is 32.3 Å².